The van der Waals surface area contributed by atoms with E-state index < -0.39 is 17.7 Å². The van der Waals surface area contributed by atoms with Crippen LogP contribution in [-0.4, -0.2) is 29.1 Å². The van der Waals surface area contributed by atoms with Crippen LogP contribution in [0.4, 0.5) is 19.0 Å². The number of anilines is 1. The second kappa shape index (κ2) is 6.32. The smallest absolute Gasteiger partial charge is 0.419 e. The van der Waals surface area contributed by atoms with Crippen LogP contribution in [0.2, 0.25) is 0 Å². The summed E-state index contributed by atoms with van der Waals surface area (Å²) in [6.45, 7) is 0.942. The minimum Gasteiger partial charge on any atom is -0.481 e. The van der Waals surface area contributed by atoms with Crippen molar-refractivity contribution < 1.29 is 23.1 Å². The van der Waals surface area contributed by atoms with Crippen molar-refractivity contribution in [2.45, 2.75) is 31.9 Å². The van der Waals surface area contributed by atoms with E-state index >= 15 is 0 Å². The number of piperidine rings is 1. The number of aliphatic carboxylic acids is 1. The molecule has 7 heteroatoms. The lowest BCUT2D eigenvalue weighted by Gasteiger charge is -2.34. The Kier molecular flexibility index (Phi) is 4.69. The van der Waals surface area contributed by atoms with Gasteiger partial charge in [0.2, 0.25) is 0 Å². The molecule has 4 nitrogen and oxygen atoms in total. The van der Waals surface area contributed by atoms with E-state index in [2.05, 4.69) is 4.98 Å². The molecule has 0 spiro atoms. The first-order chi connectivity index (χ1) is 9.88. The molecule has 1 fully saturated rings. The van der Waals surface area contributed by atoms with Crippen LogP contribution in [0.1, 0.15) is 31.2 Å². The summed E-state index contributed by atoms with van der Waals surface area (Å²) in [5.74, 6) is -0.830. The van der Waals surface area contributed by atoms with Crippen LogP contribution in [0.15, 0.2) is 18.3 Å². The maximum absolute atomic E-state index is 13.0. The molecule has 0 bridgehead atoms. The maximum Gasteiger partial charge on any atom is 0.419 e. The molecule has 0 aliphatic carbocycles. The minimum absolute atomic E-state index is 0.0485. The molecule has 1 aliphatic rings. The Morgan fingerprint density at radius 2 is 2.24 bits per heavy atom. The summed E-state index contributed by atoms with van der Waals surface area (Å²) in [5.41, 5.74) is -0.733. The van der Waals surface area contributed by atoms with Crippen molar-refractivity contribution in [3.63, 3.8) is 0 Å². The van der Waals surface area contributed by atoms with E-state index in [-0.39, 0.29) is 18.2 Å². The largest absolute Gasteiger partial charge is 0.481 e. The van der Waals surface area contributed by atoms with E-state index in [1.54, 1.807) is 4.90 Å². The number of rotatable bonds is 4. The normalized spacial score (nSPS) is 19.6. The molecule has 1 aromatic rings. The Balaban J connectivity index is 2.13. The van der Waals surface area contributed by atoms with Crippen molar-refractivity contribution >= 4 is 11.8 Å². The summed E-state index contributed by atoms with van der Waals surface area (Å²) >= 11 is 0. The highest BCUT2D eigenvalue weighted by Crippen LogP contribution is 2.36. The molecule has 1 unspecified atom stereocenters. The molecule has 1 atom stereocenters. The summed E-state index contributed by atoms with van der Waals surface area (Å²) in [5, 5.41) is 8.70. The van der Waals surface area contributed by atoms with Crippen LogP contribution in [0.3, 0.4) is 0 Å². The van der Waals surface area contributed by atoms with Gasteiger partial charge in [-0.3, -0.25) is 4.79 Å². The van der Waals surface area contributed by atoms with Gasteiger partial charge in [-0.2, -0.15) is 13.2 Å². The molecule has 21 heavy (non-hydrogen) atoms. The summed E-state index contributed by atoms with van der Waals surface area (Å²) in [6.07, 6.45) is -0.952. The molecule has 0 aromatic carbocycles. The number of alkyl halides is 3. The lowest BCUT2D eigenvalue weighted by Crippen LogP contribution is -2.37. The number of nitrogens with zero attached hydrogens (tertiary/aromatic N) is 2. The number of hydrogen-bond donors (Lipinski definition) is 1. The van der Waals surface area contributed by atoms with Gasteiger partial charge in [0.05, 0.1) is 5.56 Å². The van der Waals surface area contributed by atoms with Crippen molar-refractivity contribution in [3.8, 4) is 0 Å². The quantitative estimate of drug-likeness (QED) is 0.928. The Hall–Kier alpha value is -1.79. The Morgan fingerprint density at radius 3 is 2.90 bits per heavy atom. The van der Waals surface area contributed by atoms with Gasteiger partial charge in [0.1, 0.15) is 5.82 Å². The molecule has 1 N–H and O–H groups in total. The zero-order chi connectivity index (χ0) is 15.5. The first kappa shape index (κ1) is 15.6. The SMILES string of the molecule is O=C(O)CCC1CCCN(c2ncccc2C(F)(F)F)C1. The molecule has 0 saturated carbocycles. The van der Waals surface area contributed by atoms with Crippen molar-refractivity contribution in [3.05, 3.63) is 23.9 Å². The van der Waals surface area contributed by atoms with Crippen LogP contribution in [-0.2, 0) is 11.0 Å². The molecule has 0 radical (unpaired) electrons. The highest BCUT2D eigenvalue weighted by molar-refractivity contribution is 5.66. The van der Waals surface area contributed by atoms with Crippen LogP contribution < -0.4 is 4.90 Å². The Bertz CT molecular complexity index is 505. The molecule has 1 aromatic heterocycles. The van der Waals surface area contributed by atoms with Crippen LogP contribution in [0, 0.1) is 5.92 Å². The van der Waals surface area contributed by atoms with Crippen molar-refractivity contribution in [2.24, 2.45) is 5.92 Å². The van der Waals surface area contributed by atoms with Crippen LogP contribution in [0.5, 0.6) is 0 Å². The monoisotopic (exact) mass is 302 g/mol. The summed E-state index contributed by atoms with van der Waals surface area (Å²) < 4.78 is 39.0. The average molecular weight is 302 g/mol. The highest BCUT2D eigenvalue weighted by atomic mass is 19.4. The molecular formula is C14H17F3N2O2. The molecular weight excluding hydrogens is 285 g/mol. The topological polar surface area (TPSA) is 53.4 Å². The van der Waals surface area contributed by atoms with Crippen LogP contribution in [0.25, 0.3) is 0 Å². The standard InChI is InChI=1S/C14H17F3N2O2/c15-14(16,17)11-4-1-7-18-13(11)19-8-2-3-10(9-19)5-6-12(20)21/h1,4,7,10H,2-3,5-6,8-9H2,(H,20,21). The number of hydrogen-bond acceptors (Lipinski definition) is 3. The number of aromatic nitrogens is 1. The molecule has 0 amide bonds. The lowest BCUT2D eigenvalue weighted by atomic mass is 9.93. The van der Waals surface area contributed by atoms with Gasteiger partial charge >= 0.3 is 12.1 Å². The van der Waals surface area contributed by atoms with Gasteiger partial charge in [0, 0.05) is 25.7 Å². The zero-order valence-electron chi connectivity index (χ0n) is 11.4. The van der Waals surface area contributed by atoms with Crippen molar-refractivity contribution in [1.29, 1.82) is 0 Å². The van der Waals surface area contributed by atoms with Gasteiger partial charge in [-0.15, -0.1) is 0 Å². The van der Waals surface area contributed by atoms with Crippen molar-refractivity contribution in [1.82, 2.24) is 4.98 Å². The summed E-state index contributed by atoms with van der Waals surface area (Å²) in [4.78, 5) is 16.1. The maximum atomic E-state index is 13.0. The summed E-state index contributed by atoms with van der Waals surface area (Å²) in [7, 11) is 0. The molecule has 116 valence electrons. The second-order valence-corrected chi connectivity index (χ2v) is 5.26. The molecule has 1 aliphatic heterocycles. The fourth-order valence-corrected chi connectivity index (χ4v) is 2.69. The predicted octanol–water partition coefficient (Wildman–Crippen LogP) is 3.18. The van der Waals surface area contributed by atoms with E-state index in [0.29, 0.717) is 19.5 Å². The number of halogens is 3. The third-order valence-corrected chi connectivity index (χ3v) is 3.68. The minimum atomic E-state index is -4.43. The van der Waals surface area contributed by atoms with E-state index in [0.717, 1.165) is 18.9 Å². The fraction of sp³-hybridized carbons (Fsp3) is 0.571. The molecule has 2 rings (SSSR count). The van der Waals surface area contributed by atoms with Gasteiger partial charge in [-0.05, 0) is 37.3 Å². The van der Waals surface area contributed by atoms with E-state index in [1.165, 1.54) is 12.3 Å². The zero-order valence-corrected chi connectivity index (χ0v) is 11.4. The number of carbonyl (C=O) groups is 1. The second-order valence-electron chi connectivity index (χ2n) is 5.26. The lowest BCUT2D eigenvalue weighted by molar-refractivity contribution is -0.138. The number of pyridine rings is 1. The van der Waals surface area contributed by atoms with Gasteiger partial charge in [0.25, 0.3) is 0 Å². The number of carboxylic acids is 1. The van der Waals surface area contributed by atoms with E-state index in [4.69, 9.17) is 5.11 Å². The van der Waals surface area contributed by atoms with E-state index in [1.807, 2.05) is 0 Å². The average Bonchev–Trinajstić information content (AvgIpc) is 2.44. The predicted molar refractivity (Wildman–Crippen MR) is 71.0 cm³/mol. The van der Waals surface area contributed by atoms with Gasteiger partial charge in [-0.25, -0.2) is 4.98 Å². The third kappa shape index (κ3) is 4.09. The first-order valence-corrected chi connectivity index (χ1v) is 6.87. The Labute approximate surface area is 120 Å². The molecule has 1 saturated heterocycles. The van der Waals surface area contributed by atoms with Crippen molar-refractivity contribution in [2.75, 3.05) is 18.0 Å². The van der Waals surface area contributed by atoms with Crippen LogP contribution >= 0.6 is 0 Å². The fourth-order valence-electron chi connectivity index (χ4n) is 2.69. The first-order valence-electron chi connectivity index (χ1n) is 6.87. The van der Waals surface area contributed by atoms with Gasteiger partial charge in [-0.1, -0.05) is 0 Å². The number of carboxylic acid groups (broad SMARTS) is 1. The molecule has 2 heterocycles. The summed E-state index contributed by atoms with van der Waals surface area (Å²) in [6, 6.07) is 2.31. The van der Waals surface area contributed by atoms with Gasteiger partial charge < -0.3 is 10.0 Å². The third-order valence-electron chi connectivity index (χ3n) is 3.68. The van der Waals surface area contributed by atoms with E-state index in [9.17, 15) is 18.0 Å². The Morgan fingerprint density at radius 1 is 1.48 bits per heavy atom. The van der Waals surface area contributed by atoms with Gasteiger partial charge in [0.15, 0.2) is 0 Å². The highest BCUT2D eigenvalue weighted by Gasteiger charge is 2.36.